The fourth-order valence-corrected chi connectivity index (χ4v) is 3.14. The van der Waals surface area contributed by atoms with Crippen molar-refractivity contribution < 1.29 is 9.53 Å². The molecule has 1 aromatic heterocycles. The van der Waals surface area contributed by atoms with Crippen molar-refractivity contribution in [2.24, 2.45) is 0 Å². The highest BCUT2D eigenvalue weighted by atomic mass is 35.5. The van der Waals surface area contributed by atoms with Crippen LogP contribution in [-0.2, 0) is 17.7 Å². The zero-order chi connectivity index (χ0) is 17.8. The molecule has 4 nitrogen and oxygen atoms in total. The zero-order valence-electron chi connectivity index (χ0n) is 14.5. The van der Waals surface area contributed by atoms with Crippen LogP contribution in [0.4, 0.5) is 0 Å². The van der Waals surface area contributed by atoms with Crippen LogP contribution in [0, 0.1) is 0 Å². The smallest absolute Gasteiger partial charge is 0.338 e. The number of halogens is 1. The molecule has 0 saturated carbocycles. The molecule has 0 unspecified atom stereocenters. The van der Waals surface area contributed by atoms with E-state index in [2.05, 4.69) is 11.5 Å². The molecule has 0 amide bonds. The van der Waals surface area contributed by atoms with Gasteiger partial charge in [-0.2, -0.15) is 0 Å². The van der Waals surface area contributed by atoms with Gasteiger partial charge < -0.3 is 9.30 Å². The number of carbonyl (C=O) groups is 1. The van der Waals surface area contributed by atoms with Crippen LogP contribution in [0.5, 0.6) is 0 Å². The van der Waals surface area contributed by atoms with Gasteiger partial charge in [-0.05, 0) is 49.2 Å². The highest BCUT2D eigenvalue weighted by molar-refractivity contribution is 6.30. The van der Waals surface area contributed by atoms with Crippen molar-refractivity contribution in [2.45, 2.75) is 33.2 Å². The molecule has 3 aromatic rings. The van der Waals surface area contributed by atoms with Crippen LogP contribution in [0.1, 0.15) is 42.0 Å². The Hall–Kier alpha value is -2.33. The van der Waals surface area contributed by atoms with Gasteiger partial charge in [-0.3, -0.25) is 0 Å². The van der Waals surface area contributed by atoms with E-state index in [1.54, 1.807) is 13.0 Å². The van der Waals surface area contributed by atoms with Crippen molar-refractivity contribution in [1.82, 2.24) is 9.55 Å². The summed E-state index contributed by atoms with van der Waals surface area (Å²) < 4.78 is 7.28. The molecule has 25 heavy (non-hydrogen) atoms. The van der Waals surface area contributed by atoms with Crippen LogP contribution in [0.3, 0.4) is 0 Å². The van der Waals surface area contributed by atoms with Gasteiger partial charge in [0.1, 0.15) is 5.82 Å². The summed E-state index contributed by atoms with van der Waals surface area (Å²) in [6.07, 6.45) is 1.88. The first-order chi connectivity index (χ1) is 12.1. The maximum absolute atomic E-state index is 12.1. The number of aryl methyl sites for hydroxylation is 1. The van der Waals surface area contributed by atoms with Gasteiger partial charge in [0.2, 0.25) is 0 Å². The predicted molar refractivity (Wildman–Crippen MR) is 100 cm³/mol. The Kier molecular flexibility index (Phi) is 5.39. The molecule has 0 bridgehead atoms. The topological polar surface area (TPSA) is 44.1 Å². The van der Waals surface area contributed by atoms with Gasteiger partial charge in [-0.1, -0.05) is 30.7 Å². The van der Waals surface area contributed by atoms with Crippen molar-refractivity contribution in [3.05, 3.63) is 64.4 Å². The molecule has 1 heterocycles. The first-order valence-corrected chi connectivity index (χ1v) is 8.91. The molecule has 5 heteroatoms. The Morgan fingerprint density at radius 1 is 1.20 bits per heavy atom. The van der Waals surface area contributed by atoms with Gasteiger partial charge in [0.15, 0.2) is 0 Å². The summed E-state index contributed by atoms with van der Waals surface area (Å²) in [7, 11) is 0. The molecule has 130 valence electrons. The highest BCUT2D eigenvalue weighted by Crippen LogP contribution is 2.22. The summed E-state index contributed by atoms with van der Waals surface area (Å²) in [4.78, 5) is 16.8. The lowest BCUT2D eigenvalue weighted by atomic mass is 10.2. The minimum absolute atomic E-state index is 0.308. The summed E-state index contributed by atoms with van der Waals surface area (Å²) in [6.45, 7) is 4.96. The van der Waals surface area contributed by atoms with Crippen molar-refractivity contribution in [3.8, 4) is 0 Å². The van der Waals surface area contributed by atoms with E-state index in [4.69, 9.17) is 21.3 Å². The number of aromatic nitrogens is 2. The Balaban J connectivity index is 2.07. The number of esters is 1. The molecule has 0 N–H and O–H groups in total. The van der Waals surface area contributed by atoms with E-state index in [0.29, 0.717) is 23.7 Å². The maximum Gasteiger partial charge on any atom is 0.338 e. The van der Waals surface area contributed by atoms with E-state index in [1.807, 2.05) is 36.4 Å². The van der Waals surface area contributed by atoms with Crippen molar-refractivity contribution in [1.29, 1.82) is 0 Å². The number of ether oxygens (including phenoxy) is 1. The third-order valence-corrected chi connectivity index (χ3v) is 4.28. The van der Waals surface area contributed by atoms with E-state index in [-0.39, 0.29) is 5.97 Å². The second-order valence-electron chi connectivity index (χ2n) is 5.92. The van der Waals surface area contributed by atoms with Crippen molar-refractivity contribution in [2.75, 3.05) is 6.61 Å². The maximum atomic E-state index is 12.1. The number of imidazole rings is 1. The number of hydrogen-bond donors (Lipinski definition) is 0. The van der Waals surface area contributed by atoms with E-state index >= 15 is 0 Å². The van der Waals surface area contributed by atoms with E-state index in [1.165, 1.54) is 0 Å². The Morgan fingerprint density at radius 3 is 2.76 bits per heavy atom. The number of hydrogen-bond acceptors (Lipinski definition) is 3. The minimum Gasteiger partial charge on any atom is -0.462 e. The molecule has 0 aliphatic rings. The van der Waals surface area contributed by atoms with Gasteiger partial charge in [-0.15, -0.1) is 0 Å². The summed E-state index contributed by atoms with van der Waals surface area (Å²) in [5.41, 5.74) is 3.47. The van der Waals surface area contributed by atoms with Crippen molar-refractivity contribution in [3.63, 3.8) is 0 Å². The quantitative estimate of drug-likeness (QED) is 0.592. The van der Waals surface area contributed by atoms with Crippen LogP contribution >= 0.6 is 11.6 Å². The van der Waals surface area contributed by atoms with Gasteiger partial charge in [0.25, 0.3) is 0 Å². The van der Waals surface area contributed by atoms with E-state index in [0.717, 1.165) is 35.3 Å². The molecule has 0 aliphatic carbocycles. The number of rotatable bonds is 6. The third-order valence-electron chi connectivity index (χ3n) is 4.04. The van der Waals surface area contributed by atoms with Gasteiger partial charge in [0, 0.05) is 18.0 Å². The molecule has 0 aliphatic heterocycles. The summed E-state index contributed by atoms with van der Waals surface area (Å²) in [5, 5.41) is 0.714. The predicted octanol–water partition coefficient (Wildman–Crippen LogP) is 4.87. The number of benzene rings is 2. The van der Waals surface area contributed by atoms with Crippen LogP contribution in [0.25, 0.3) is 11.0 Å². The van der Waals surface area contributed by atoms with E-state index in [9.17, 15) is 4.79 Å². The molecule has 0 spiro atoms. The zero-order valence-corrected chi connectivity index (χ0v) is 15.2. The van der Waals surface area contributed by atoms with Crippen LogP contribution in [-0.4, -0.2) is 22.1 Å². The molecule has 0 fully saturated rings. The molecule has 3 rings (SSSR count). The second-order valence-corrected chi connectivity index (χ2v) is 6.35. The summed E-state index contributed by atoms with van der Waals surface area (Å²) >= 11 is 6.12. The summed E-state index contributed by atoms with van der Waals surface area (Å²) in [6, 6.07) is 13.3. The molecular formula is C20H21ClN2O2. The number of nitrogens with zero attached hydrogens (tertiary/aromatic N) is 2. The fraction of sp³-hybridized carbons (Fsp3) is 0.300. The summed E-state index contributed by atoms with van der Waals surface area (Å²) in [5.74, 6) is 0.704. The molecule has 0 saturated heterocycles. The van der Waals surface area contributed by atoms with Crippen molar-refractivity contribution >= 4 is 28.6 Å². The van der Waals surface area contributed by atoms with E-state index < -0.39 is 0 Å². The Bertz CT molecular complexity index is 902. The monoisotopic (exact) mass is 356 g/mol. The first-order valence-electron chi connectivity index (χ1n) is 8.53. The van der Waals surface area contributed by atoms with Gasteiger partial charge >= 0.3 is 5.97 Å². The van der Waals surface area contributed by atoms with Crippen LogP contribution in [0.15, 0.2) is 42.5 Å². The SMILES string of the molecule is CCCc1nc2ccc(C(=O)OCC)cc2n1Cc1cccc(Cl)c1. The lowest BCUT2D eigenvalue weighted by Gasteiger charge is -2.10. The fourth-order valence-electron chi connectivity index (χ4n) is 2.92. The lowest BCUT2D eigenvalue weighted by molar-refractivity contribution is 0.0526. The third kappa shape index (κ3) is 3.85. The normalized spacial score (nSPS) is 11.0. The lowest BCUT2D eigenvalue weighted by Crippen LogP contribution is -2.07. The standard InChI is InChI=1S/C20H21ClN2O2/c1-3-6-19-22-17-10-9-15(20(24)25-4-2)12-18(17)23(19)13-14-7-5-8-16(21)11-14/h5,7-12H,3-4,6,13H2,1-2H3. The molecule has 0 atom stereocenters. The first kappa shape index (κ1) is 17.5. The minimum atomic E-state index is -0.308. The Labute approximate surface area is 152 Å². The van der Waals surface area contributed by atoms with Gasteiger partial charge in [-0.25, -0.2) is 9.78 Å². The second kappa shape index (κ2) is 7.70. The highest BCUT2D eigenvalue weighted by Gasteiger charge is 2.14. The van der Waals surface area contributed by atoms with Gasteiger partial charge in [0.05, 0.1) is 23.2 Å². The average molecular weight is 357 g/mol. The average Bonchev–Trinajstić information content (AvgIpc) is 2.92. The number of carbonyl (C=O) groups excluding carboxylic acids is 1. The number of fused-ring (bicyclic) bond motifs is 1. The molecular weight excluding hydrogens is 336 g/mol. The van der Waals surface area contributed by atoms with Crippen LogP contribution < -0.4 is 0 Å². The van der Waals surface area contributed by atoms with Crippen LogP contribution in [0.2, 0.25) is 5.02 Å². The molecule has 2 aromatic carbocycles. The Morgan fingerprint density at radius 2 is 2.04 bits per heavy atom. The molecule has 0 radical (unpaired) electrons. The largest absolute Gasteiger partial charge is 0.462 e.